The maximum atomic E-state index is 12.4. The van der Waals surface area contributed by atoms with Crippen LogP contribution in [-0.4, -0.2) is 33.5 Å². The van der Waals surface area contributed by atoms with E-state index in [1.165, 1.54) is 4.57 Å². The van der Waals surface area contributed by atoms with Crippen molar-refractivity contribution >= 4 is 40.8 Å². The van der Waals surface area contributed by atoms with Crippen LogP contribution in [0.2, 0.25) is 5.02 Å². The summed E-state index contributed by atoms with van der Waals surface area (Å²) in [4.78, 5) is 26.8. The van der Waals surface area contributed by atoms with E-state index in [0.717, 1.165) is 43.4 Å². The lowest BCUT2D eigenvalue weighted by atomic mass is 10.0. The van der Waals surface area contributed by atoms with Crippen molar-refractivity contribution in [3.63, 3.8) is 0 Å². The minimum absolute atomic E-state index is 0. The molecule has 0 radical (unpaired) electrons. The van der Waals surface area contributed by atoms with E-state index in [2.05, 4.69) is 10.3 Å². The monoisotopic (exact) mass is 437 g/mol. The first-order valence-corrected chi connectivity index (χ1v) is 9.73. The molecule has 0 aliphatic heterocycles. The molecule has 3 rings (SSSR count). The standard InChI is InChI=1S/C21H24ClN3O3.ClH/c1-25-19-8-6-15(12-18(19)24-21(25)28)20(27)4-2-3-10-23-11-9-14-5-7-16(26)13-17(14)22;/h5-8,12-13,23,26H,2-4,9-11H2,1H3,(H,24,28);1H. The molecule has 0 unspecified atom stereocenters. The summed E-state index contributed by atoms with van der Waals surface area (Å²) in [5, 5.41) is 13.3. The molecule has 0 saturated carbocycles. The third kappa shape index (κ3) is 5.85. The van der Waals surface area contributed by atoms with E-state index in [1.54, 1.807) is 37.4 Å². The van der Waals surface area contributed by atoms with Crippen LogP contribution in [0.15, 0.2) is 41.2 Å². The molecule has 0 fully saturated rings. The molecule has 3 N–H and O–H groups in total. The Labute approximate surface area is 180 Å². The lowest BCUT2D eigenvalue weighted by Gasteiger charge is -2.07. The van der Waals surface area contributed by atoms with Gasteiger partial charge in [0.2, 0.25) is 0 Å². The number of benzene rings is 2. The Balaban J connectivity index is 0.00000300. The Morgan fingerprint density at radius 3 is 2.72 bits per heavy atom. The predicted molar refractivity (Wildman–Crippen MR) is 119 cm³/mol. The average molecular weight is 438 g/mol. The van der Waals surface area contributed by atoms with E-state index in [4.69, 9.17) is 11.6 Å². The number of carbonyl (C=O) groups is 1. The number of Topliss-reactive ketones (excluding diaryl/α,β-unsaturated/α-hetero) is 1. The zero-order valence-corrected chi connectivity index (χ0v) is 17.8. The summed E-state index contributed by atoms with van der Waals surface area (Å²) in [5.74, 6) is 0.256. The maximum absolute atomic E-state index is 12.4. The van der Waals surface area contributed by atoms with Crippen molar-refractivity contribution in [1.82, 2.24) is 14.9 Å². The summed E-state index contributed by atoms with van der Waals surface area (Å²) < 4.78 is 1.53. The molecule has 2 aromatic carbocycles. The van der Waals surface area contributed by atoms with Crippen LogP contribution in [0, 0.1) is 0 Å². The average Bonchev–Trinajstić information content (AvgIpc) is 2.95. The number of hydrogen-bond donors (Lipinski definition) is 3. The third-order valence-corrected chi connectivity index (χ3v) is 5.19. The van der Waals surface area contributed by atoms with Gasteiger partial charge in [-0.25, -0.2) is 4.79 Å². The van der Waals surface area contributed by atoms with Gasteiger partial charge in [0.05, 0.1) is 11.0 Å². The molecular formula is C21H25Cl2N3O3. The Hall–Kier alpha value is -2.28. The number of rotatable bonds is 9. The van der Waals surface area contributed by atoms with Crippen LogP contribution in [0.4, 0.5) is 0 Å². The number of ketones is 1. The number of hydrogen-bond acceptors (Lipinski definition) is 4. The van der Waals surface area contributed by atoms with Gasteiger partial charge in [0, 0.05) is 24.1 Å². The van der Waals surface area contributed by atoms with Crippen LogP contribution in [-0.2, 0) is 13.5 Å². The number of H-pyrrole nitrogens is 1. The van der Waals surface area contributed by atoms with Gasteiger partial charge in [0.15, 0.2) is 5.78 Å². The van der Waals surface area contributed by atoms with Crippen LogP contribution in [0.1, 0.15) is 35.2 Å². The van der Waals surface area contributed by atoms with Crippen molar-refractivity contribution in [2.75, 3.05) is 13.1 Å². The number of fused-ring (bicyclic) bond motifs is 1. The number of imidazole rings is 1. The lowest BCUT2D eigenvalue weighted by Crippen LogP contribution is -2.18. The number of nitrogens with one attached hydrogen (secondary N) is 2. The molecule has 29 heavy (non-hydrogen) atoms. The fourth-order valence-electron chi connectivity index (χ4n) is 3.18. The highest BCUT2D eigenvalue weighted by Crippen LogP contribution is 2.21. The highest BCUT2D eigenvalue weighted by molar-refractivity contribution is 6.31. The number of aromatic nitrogens is 2. The van der Waals surface area contributed by atoms with Gasteiger partial charge < -0.3 is 15.4 Å². The van der Waals surface area contributed by atoms with E-state index in [9.17, 15) is 14.7 Å². The van der Waals surface area contributed by atoms with Crippen molar-refractivity contribution < 1.29 is 9.90 Å². The fraction of sp³-hybridized carbons (Fsp3) is 0.333. The van der Waals surface area contributed by atoms with Gasteiger partial charge in [-0.3, -0.25) is 9.36 Å². The number of carbonyl (C=O) groups excluding carboxylic acids is 1. The van der Waals surface area contributed by atoms with Gasteiger partial charge in [-0.05, 0) is 68.2 Å². The number of aromatic hydroxyl groups is 1. The number of halogens is 2. The lowest BCUT2D eigenvalue weighted by molar-refractivity contribution is 0.0979. The molecule has 0 aliphatic carbocycles. The number of phenolic OH excluding ortho intramolecular Hbond substituents is 1. The minimum atomic E-state index is -0.181. The molecular weight excluding hydrogens is 413 g/mol. The molecule has 0 atom stereocenters. The van der Waals surface area contributed by atoms with Crippen LogP contribution >= 0.6 is 24.0 Å². The predicted octanol–water partition coefficient (Wildman–Crippen LogP) is 3.83. The largest absolute Gasteiger partial charge is 0.508 e. The Kier molecular flexibility index (Phi) is 8.32. The van der Waals surface area contributed by atoms with Crippen molar-refractivity contribution in [1.29, 1.82) is 0 Å². The SMILES string of the molecule is Cl.Cn1c(=O)[nH]c2cc(C(=O)CCCCNCCc3ccc(O)cc3Cl)ccc21. The highest BCUT2D eigenvalue weighted by atomic mass is 35.5. The molecule has 0 spiro atoms. The van der Waals surface area contributed by atoms with Gasteiger partial charge in [-0.2, -0.15) is 0 Å². The second-order valence-electron chi connectivity index (χ2n) is 6.88. The van der Waals surface area contributed by atoms with Gasteiger partial charge in [0.1, 0.15) is 5.75 Å². The Morgan fingerprint density at radius 2 is 1.97 bits per heavy atom. The van der Waals surface area contributed by atoms with Crippen LogP contribution in [0.25, 0.3) is 11.0 Å². The van der Waals surface area contributed by atoms with Gasteiger partial charge in [-0.1, -0.05) is 17.7 Å². The molecule has 1 aromatic heterocycles. The van der Waals surface area contributed by atoms with Crippen LogP contribution in [0.5, 0.6) is 5.75 Å². The molecule has 0 aliphatic rings. The number of aromatic amines is 1. The zero-order chi connectivity index (χ0) is 20.1. The smallest absolute Gasteiger partial charge is 0.326 e. The van der Waals surface area contributed by atoms with E-state index in [1.807, 2.05) is 6.07 Å². The maximum Gasteiger partial charge on any atom is 0.326 e. The second kappa shape index (κ2) is 10.5. The number of nitrogens with zero attached hydrogens (tertiary/aromatic N) is 1. The molecule has 8 heteroatoms. The van der Waals surface area contributed by atoms with Crippen molar-refractivity contribution in [3.05, 3.63) is 63.0 Å². The minimum Gasteiger partial charge on any atom is -0.508 e. The topological polar surface area (TPSA) is 87.1 Å². The number of phenols is 1. The van der Waals surface area contributed by atoms with E-state index in [0.29, 0.717) is 22.5 Å². The van der Waals surface area contributed by atoms with Crippen LogP contribution in [0.3, 0.4) is 0 Å². The number of aryl methyl sites for hydroxylation is 1. The zero-order valence-electron chi connectivity index (χ0n) is 16.2. The molecule has 3 aromatic rings. The van der Waals surface area contributed by atoms with Crippen molar-refractivity contribution in [3.8, 4) is 5.75 Å². The van der Waals surface area contributed by atoms with Gasteiger partial charge in [-0.15, -0.1) is 12.4 Å². The summed E-state index contributed by atoms with van der Waals surface area (Å²) >= 11 is 6.09. The van der Waals surface area contributed by atoms with Crippen molar-refractivity contribution in [2.45, 2.75) is 25.7 Å². The molecule has 1 heterocycles. The summed E-state index contributed by atoms with van der Waals surface area (Å²) in [7, 11) is 1.70. The van der Waals surface area contributed by atoms with Gasteiger partial charge >= 0.3 is 5.69 Å². The summed E-state index contributed by atoms with van der Waals surface area (Å²) in [6.45, 7) is 1.62. The second-order valence-corrected chi connectivity index (χ2v) is 7.28. The molecule has 0 bridgehead atoms. The molecule has 0 saturated heterocycles. The summed E-state index contributed by atoms with van der Waals surface area (Å²) in [5.41, 5.74) is 2.92. The van der Waals surface area contributed by atoms with E-state index in [-0.39, 0.29) is 29.6 Å². The van der Waals surface area contributed by atoms with E-state index < -0.39 is 0 Å². The Morgan fingerprint density at radius 1 is 1.17 bits per heavy atom. The first-order valence-electron chi connectivity index (χ1n) is 9.36. The number of unbranched alkanes of at least 4 members (excludes halogenated alkanes) is 1. The summed E-state index contributed by atoms with van der Waals surface area (Å²) in [6, 6.07) is 10.3. The molecule has 156 valence electrons. The Bertz CT molecular complexity index is 1040. The molecule has 6 nitrogen and oxygen atoms in total. The van der Waals surface area contributed by atoms with Crippen molar-refractivity contribution in [2.24, 2.45) is 7.05 Å². The fourth-order valence-corrected chi connectivity index (χ4v) is 3.45. The van der Waals surface area contributed by atoms with Crippen LogP contribution < -0.4 is 11.0 Å². The highest BCUT2D eigenvalue weighted by Gasteiger charge is 2.09. The summed E-state index contributed by atoms with van der Waals surface area (Å²) in [6.07, 6.45) is 2.97. The van der Waals surface area contributed by atoms with E-state index >= 15 is 0 Å². The first-order chi connectivity index (χ1) is 13.5. The first kappa shape index (κ1) is 23.0. The quantitative estimate of drug-likeness (QED) is 0.350. The molecule has 0 amide bonds. The normalized spacial score (nSPS) is 10.8. The third-order valence-electron chi connectivity index (χ3n) is 4.84. The van der Waals surface area contributed by atoms with Gasteiger partial charge in [0.25, 0.3) is 0 Å².